The van der Waals surface area contributed by atoms with Crippen molar-refractivity contribution >= 4 is 5.97 Å². The quantitative estimate of drug-likeness (QED) is 0.765. The number of benzene rings is 2. The molecule has 1 N–H and O–H groups in total. The summed E-state index contributed by atoms with van der Waals surface area (Å²) >= 11 is 0. The number of nitrogens with zero attached hydrogens (tertiary/aromatic N) is 3. The Morgan fingerprint density at radius 3 is 2.74 bits per heavy atom. The molecule has 0 radical (unpaired) electrons. The van der Waals surface area contributed by atoms with Crippen LogP contribution >= 0.6 is 0 Å². The first kappa shape index (κ1) is 17.4. The number of fused-ring (bicyclic) bond motifs is 1. The monoisotopic (exact) mass is 369 g/mol. The highest BCUT2D eigenvalue weighted by Crippen LogP contribution is 2.34. The second-order valence-electron chi connectivity index (χ2n) is 6.73. The summed E-state index contributed by atoms with van der Waals surface area (Å²) in [6.07, 6.45) is 0. The predicted octanol–water partition coefficient (Wildman–Crippen LogP) is 3.52. The van der Waals surface area contributed by atoms with Crippen LogP contribution < -0.4 is 0 Å². The number of hydrogen-bond donors (Lipinski definition) is 1. The van der Waals surface area contributed by atoms with E-state index in [0.29, 0.717) is 25.3 Å². The van der Waals surface area contributed by atoms with Crippen LogP contribution in [0.3, 0.4) is 0 Å². The minimum atomic E-state index is -1.01. The Morgan fingerprint density at radius 1 is 1.19 bits per heavy atom. The van der Waals surface area contributed by atoms with Gasteiger partial charge in [0.2, 0.25) is 0 Å². The SMILES string of the molecule is CN1Cc2nn(Cc3cccc(C(=O)O)c3)c(-c3ccc(F)cc3F)c2C1. The molecule has 5 nitrogen and oxygen atoms in total. The summed E-state index contributed by atoms with van der Waals surface area (Å²) in [6, 6.07) is 10.1. The van der Waals surface area contributed by atoms with Crippen LogP contribution in [0.2, 0.25) is 0 Å². The van der Waals surface area contributed by atoms with Gasteiger partial charge in [-0.25, -0.2) is 13.6 Å². The number of aromatic carboxylic acids is 1. The maximum atomic E-state index is 14.5. The first-order valence-corrected chi connectivity index (χ1v) is 8.47. The van der Waals surface area contributed by atoms with Gasteiger partial charge in [-0.15, -0.1) is 0 Å². The third kappa shape index (κ3) is 3.21. The number of rotatable bonds is 4. The predicted molar refractivity (Wildman–Crippen MR) is 95.3 cm³/mol. The highest BCUT2D eigenvalue weighted by molar-refractivity contribution is 5.87. The van der Waals surface area contributed by atoms with Crippen molar-refractivity contribution in [1.82, 2.24) is 14.7 Å². The molecule has 0 aliphatic carbocycles. The molecular formula is C20H17F2N3O2. The van der Waals surface area contributed by atoms with Gasteiger partial charge in [-0.05, 0) is 36.9 Å². The van der Waals surface area contributed by atoms with E-state index in [1.807, 2.05) is 7.05 Å². The Hall–Kier alpha value is -3.06. The lowest BCUT2D eigenvalue weighted by atomic mass is 10.1. The van der Waals surface area contributed by atoms with Crippen LogP contribution in [0.5, 0.6) is 0 Å². The van der Waals surface area contributed by atoms with Crippen LogP contribution in [0, 0.1) is 11.6 Å². The number of halogens is 2. The lowest BCUT2D eigenvalue weighted by Crippen LogP contribution is -2.13. The van der Waals surface area contributed by atoms with E-state index in [-0.39, 0.29) is 11.1 Å². The summed E-state index contributed by atoms with van der Waals surface area (Å²) in [4.78, 5) is 13.3. The Bertz CT molecular complexity index is 1050. The van der Waals surface area contributed by atoms with Crippen molar-refractivity contribution in [3.63, 3.8) is 0 Å². The van der Waals surface area contributed by atoms with Gasteiger partial charge in [0.25, 0.3) is 0 Å². The van der Waals surface area contributed by atoms with Crippen LogP contribution in [0.4, 0.5) is 8.78 Å². The van der Waals surface area contributed by atoms with E-state index in [9.17, 15) is 18.7 Å². The van der Waals surface area contributed by atoms with Gasteiger partial charge in [0.1, 0.15) is 11.6 Å². The fourth-order valence-electron chi connectivity index (χ4n) is 3.50. The highest BCUT2D eigenvalue weighted by atomic mass is 19.1. The van der Waals surface area contributed by atoms with Crippen LogP contribution in [-0.2, 0) is 19.6 Å². The van der Waals surface area contributed by atoms with Gasteiger partial charge < -0.3 is 5.11 Å². The number of carboxylic acids is 1. The third-order valence-corrected chi connectivity index (χ3v) is 4.67. The molecular weight excluding hydrogens is 352 g/mol. The maximum Gasteiger partial charge on any atom is 0.335 e. The molecule has 1 aromatic heterocycles. The molecule has 1 aliphatic heterocycles. The molecule has 0 unspecified atom stereocenters. The van der Waals surface area contributed by atoms with Crippen LogP contribution in [0.1, 0.15) is 27.2 Å². The third-order valence-electron chi connectivity index (χ3n) is 4.67. The summed E-state index contributed by atoms with van der Waals surface area (Å²) in [5, 5.41) is 13.8. The van der Waals surface area contributed by atoms with E-state index in [1.165, 1.54) is 18.2 Å². The molecule has 0 saturated carbocycles. The average Bonchev–Trinajstić information content (AvgIpc) is 3.11. The molecule has 0 fully saturated rings. The van der Waals surface area contributed by atoms with E-state index in [2.05, 4.69) is 10.00 Å². The van der Waals surface area contributed by atoms with Gasteiger partial charge in [0, 0.05) is 30.3 Å². The molecule has 7 heteroatoms. The molecule has 0 bridgehead atoms. The van der Waals surface area contributed by atoms with E-state index >= 15 is 0 Å². The number of aromatic nitrogens is 2. The van der Waals surface area contributed by atoms with Gasteiger partial charge in [-0.3, -0.25) is 9.58 Å². The van der Waals surface area contributed by atoms with Gasteiger partial charge in [0.05, 0.1) is 23.5 Å². The fourth-order valence-corrected chi connectivity index (χ4v) is 3.50. The van der Waals surface area contributed by atoms with Crippen molar-refractivity contribution in [3.05, 3.63) is 76.5 Å². The van der Waals surface area contributed by atoms with Gasteiger partial charge in [-0.2, -0.15) is 5.10 Å². The molecule has 4 rings (SSSR count). The summed E-state index contributed by atoms with van der Waals surface area (Å²) in [6.45, 7) is 1.56. The zero-order chi connectivity index (χ0) is 19.1. The largest absolute Gasteiger partial charge is 0.478 e. The average molecular weight is 369 g/mol. The lowest BCUT2D eigenvalue weighted by molar-refractivity contribution is 0.0696. The lowest BCUT2D eigenvalue weighted by Gasteiger charge is -2.13. The Morgan fingerprint density at radius 2 is 2.00 bits per heavy atom. The fraction of sp³-hybridized carbons (Fsp3) is 0.200. The highest BCUT2D eigenvalue weighted by Gasteiger charge is 2.27. The van der Waals surface area contributed by atoms with Gasteiger partial charge in [0.15, 0.2) is 0 Å². The van der Waals surface area contributed by atoms with Crippen molar-refractivity contribution in [3.8, 4) is 11.3 Å². The molecule has 138 valence electrons. The summed E-state index contributed by atoms with van der Waals surface area (Å²) in [5.74, 6) is -2.29. The summed E-state index contributed by atoms with van der Waals surface area (Å²) in [7, 11) is 1.95. The second-order valence-corrected chi connectivity index (χ2v) is 6.73. The minimum absolute atomic E-state index is 0.182. The van der Waals surface area contributed by atoms with E-state index < -0.39 is 17.6 Å². The van der Waals surface area contributed by atoms with Crippen molar-refractivity contribution in [2.24, 2.45) is 0 Å². The van der Waals surface area contributed by atoms with Crippen LogP contribution in [0.25, 0.3) is 11.3 Å². The molecule has 0 saturated heterocycles. The van der Waals surface area contributed by atoms with Crippen LogP contribution in [-0.4, -0.2) is 32.8 Å². The molecule has 0 spiro atoms. The van der Waals surface area contributed by atoms with Gasteiger partial charge >= 0.3 is 5.97 Å². The molecule has 0 atom stereocenters. The minimum Gasteiger partial charge on any atom is -0.478 e. The van der Waals surface area contributed by atoms with Crippen molar-refractivity contribution in [1.29, 1.82) is 0 Å². The number of hydrogen-bond acceptors (Lipinski definition) is 3. The van der Waals surface area contributed by atoms with Crippen molar-refractivity contribution in [2.45, 2.75) is 19.6 Å². The standard InChI is InChI=1S/C20H17F2N3O2/c1-24-10-16-18(11-24)23-25(9-12-3-2-4-13(7-12)20(26)27)19(16)15-6-5-14(21)8-17(15)22/h2-8H,9-11H2,1H3,(H,26,27). The zero-order valence-corrected chi connectivity index (χ0v) is 14.6. The topological polar surface area (TPSA) is 58.4 Å². The smallest absolute Gasteiger partial charge is 0.335 e. The zero-order valence-electron chi connectivity index (χ0n) is 14.6. The molecule has 3 aromatic rings. The summed E-state index contributed by atoms with van der Waals surface area (Å²) < 4.78 is 29.5. The molecule has 2 aromatic carbocycles. The Kier molecular flexibility index (Phi) is 4.24. The number of carboxylic acid groups (broad SMARTS) is 1. The first-order valence-electron chi connectivity index (χ1n) is 8.47. The van der Waals surface area contributed by atoms with E-state index in [1.54, 1.807) is 22.9 Å². The Labute approximate surface area is 154 Å². The Balaban J connectivity index is 1.81. The van der Waals surface area contributed by atoms with Crippen molar-refractivity contribution in [2.75, 3.05) is 7.05 Å². The van der Waals surface area contributed by atoms with Gasteiger partial charge in [-0.1, -0.05) is 12.1 Å². The first-order chi connectivity index (χ1) is 12.9. The van der Waals surface area contributed by atoms with E-state index in [4.69, 9.17) is 0 Å². The van der Waals surface area contributed by atoms with Crippen LogP contribution in [0.15, 0.2) is 42.5 Å². The summed E-state index contributed by atoms with van der Waals surface area (Å²) in [5.41, 5.74) is 3.58. The van der Waals surface area contributed by atoms with E-state index in [0.717, 1.165) is 22.9 Å². The molecule has 2 heterocycles. The maximum absolute atomic E-state index is 14.5. The molecule has 27 heavy (non-hydrogen) atoms. The molecule has 1 aliphatic rings. The molecule has 0 amide bonds. The van der Waals surface area contributed by atoms with Crippen molar-refractivity contribution < 1.29 is 18.7 Å². The normalized spacial score (nSPS) is 13.7. The second kappa shape index (κ2) is 6.59. The number of carbonyl (C=O) groups is 1.